The molecule has 35 heavy (non-hydrogen) atoms. The van der Waals surface area contributed by atoms with Gasteiger partial charge in [0.2, 0.25) is 0 Å². The highest BCUT2D eigenvalue weighted by atomic mass is 16.7. The highest BCUT2D eigenvalue weighted by Crippen LogP contribution is 2.42. The van der Waals surface area contributed by atoms with Gasteiger partial charge in [0.05, 0.1) is 30.5 Å². The van der Waals surface area contributed by atoms with Crippen LogP contribution in [0.15, 0.2) is 0 Å². The van der Waals surface area contributed by atoms with Crippen LogP contribution < -0.4 is 0 Å². The minimum absolute atomic E-state index is 0.0329. The number of aliphatic hydroxyl groups excluding tert-OH is 1. The summed E-state index contributed by atoms with van der Waals surface area (Å²) in [6.07, 6.45) is 0.566. The first-order valence-electron chi connectivity index (χ1n) is 14.1. The summed E-state index contributed by atoms with van der Waals surface area (Å²) in [5.41, 5.74) is 0. The highest BCUT2D eigenvalue weighted by Gasteiger charge is 2.50. The van der Waals surface area contributed by atoms with E-state index in [0.29, 0.717) is 5.92 Å². The number of hydrogen-bond donors (Lipinski definition) is 1. The fourth-order valence-electron chi connectivity index (χ4n) is 6.49. The molecule has 6 unspecified atom stereocenters. The maximum Gasteiger partial charge on any atom is 0.184 e. The molecule has 0 amide bonds. The normalized spacial score (nSPS) is 51.3. The Kier molecular flexibility index (Phi) is 10.5. The van der Waals surface area contributed by atoms with E-state index in [-0.39, 0.29) is 66.4 Å². The number of aliphatic hydroxyl groups is 1. The van der Waals surface area contributed by atoms with E-state index in [1.807, 2.05) is 6.92 Å². The molecule has 0 spiro atoms. The van der Waals surface area contributed by atoms with Crippen molar-refractivity contribution in [1.82, 2.24) is 0 Å². The second-order valence-corrected chi connectivity index (χ2v) is 11.4. The van der Waals surface area contributed by atoms with Gasteiger partial charge in [-0.25, -0.2) is 0 Å². The lowest BCUT2D eigenvalue weighted by Gasteiger charge is -2.51. The van der Waals surface area contributed by atoms with Gasteiger partial charge in [-0.05, 0) is 31.1 Å². The van der Waals surface area contributed by atoms with Crippen molar-refractivity contribution in [1.29, 1.82) is 0 Å². The molecule has 3 aliphatic heterocycles. The third-order valence-electron chi connectivity index (χ3n) is 9.30. The van der Waals surface area contributed by atoms with Crippen molar-refractivity contribution in [3.8, 4) is 0 Å². The van der Waals surface area contributed by atoms with Gasteiger partial charge in [0.25, 0.3) is 0 Å². The van der Waals surface area contributed by atoms with Gasteiger partial charge in [0.1, 0.15) is 6.10 Å². The van der Waals surface area contributed by atoms with Crippen LogP contribution in [0.4, 0.5) is 0 Å². The lowest BCUT2D eigenvalue weighted by Crippen LogP contribution is -2.59. The topological polar surface area (TPSA) is 75.6 Å². The summed E-state index contributed by atoms with van der Waals surface area (Å²) in [7, 11) is 1.69. The zero-order valence-corrected chi connectivity index (χ0v) is 23.7. The first-order valence-corrected chi connectivity index (χ1v) is 14.1. The Bertz CT molecular complexity index is 629. The Balaban J connectivity index is 1.85. The third-order valence-corrected chi connectivity index (χ3v) is 9.30. The van der Waals surface area contributed by atoms with Crippen LogP contribution in [0.25, 0.3) is 0 Å². The highest BCUT2D eigenvalue weighted by molar-refractivity contribution is 4.91. The average Bonchev–Trinajstić information content (AvgIpc) is 2.85. The monoisotopic (exact) mass is 500 g/mol. The molecular weight excluding hydrogens is 448 g/mol. The maximum atomic E-state index is 10.9. The number of methoxy groups -OCH3 is 1. The molecule has 0 radical (unpaired) electrons. The molecule has 3 rings (SSSR count). The third kappa shape index (κ3) is 5.92. The fraction of sp³-hybridized carbons (Fsp3) is 1.00. The van der Waals surface area contributed by atoms with E-state index >= 15 is 0 Å². The van der Waals surface area contributed by atoms with Crippen molar-refractivity contribution < 1.29 is 33.5 Å². The van der Waals surface area contributed by atoms with Crippen molar-refractivity contribution in [3.05, 3.63) is 0 Å². The molecule has 0 bridgehead atoms. The van der Waals surface area contributed by atoms with Crippen LogP contribution in [0.2, 0.25) is 0 Å². The Morgan fingerprint density at radius 2 is 1.03 bits per heavy atom. The van der Waals surface area contributed by atoms with E-state index in [0.717, 1.165) is 19.3 Å². The summed E-state index contributed by atoms with van der Waals surface area (Å²) in [6, 6.07) is 0. The fourth-order valence-corrected chi connectivity index (χ4v) is 6.49. The summed E-state index contributed by atoms with van der Waals surface area (Å²) in [4.78, 5) is 0. The molecule has 0 aromatic heterocycles. The van der Waals surface area contributed by atoms with E-state index in [1.54, 1.807) is 7.11 Å². The first-order chi connectivity index (χ1) is 16.6. The van der Waals surface area contributed by atoms with Gasteiger partial charge in [0, 0.05) is 30.8 Å². The Morgan fingerprint density at radius 1 is 0.543 bits per heavy atom. The molecule has 1 N–H and O–H groups in total. The van der Waals surface area contributed by atoms with Gasteiger partial charge in [-0.1, -0.05) is 62.3 Å². The van der Waals surface area contributed by atoms with Crippen molar-refractivity contribution in [2.24, 2.45) is 35.5 Å². The SMILES string of the molecule is CCC1O[C@H](O[C@@H]2C(C)[C@@H](OC)OC(CC)[C@H]2C)C(O[C@H]2OC(CC)[C@@H](C)[C@H](O)C2C)[C@@H](C)[C@@H]1C. The Hall–Kier alpha value is -0.280. The lowest BCUT2D eigenvalue weighted by atomic mass is 9.81. The largest absolute Gasteiger partial charge is 0.392 e. The van der Waals surface area contributed by atoms with E-state index < -0.39 is 18.7 Å². The molecule has 0 aromatic carbocycles. The van der Waals surface area contributed by atoms with E-state index in [9.17, 15) is 5.11 Å². The zero-order valence-electron chi connectivity index (χ0n) is 23.7. The second kappa shape index (κ2) is 12.5. The standard InChI is InChI=1S/C28H52O7/c1-11-20-14(4)15(5)25(35-27-18(8)23(29)16(6)21(12-2)32-27)28(33-20)34-24-17(7)22(13-3)31-26(30-10)19(24)9/h14-29H,11-13H2,1-10H3/t14-,15-,16+,17+,18?,19?,20?,21?,22?,23-,24-,25?,26-,27+,28+/m0/s1. The minimum Gasteiger partial charge on any atom is -0.392 e. The molecule has 0 saturated carbocycles. The summed E-state index contributed by atoms with van der Waals surface area (Å²) in [5.74, 6) is 0.700. The van der Waals surface area contributed by atoms with Crippen LogP contribution in [0, 0.1) is 35.5 Å². The summed E-state index contributed by atoms with van der Waals surface area (Å²) >= 11 is 0. The van der Waals surface area contributed by atoms with Gasteiger partial charge in [-0.3, -0.25) is 0 Å². The van der Waals surface area contributed by atoms with Crippen molar-refractivity contribution in [3.63, 3.8) is 0 Å². The summed E-state index contributed by atoms with van der Waals surface area (Å²) in [6.45, 7) is 19.2. The predicted octanol–water partition coefficient (Wildman–Crippen LogP) is 4.99. The summed E-state index contributed by atoms with van der Waals surface area (Å²) in [5, 5.41) is 10.9. The first kappa shape index (κ1) is 29.3. The molecule has 15 atom stereocenters. The smallest absolute Gasteiger partial charge is 0.184 e. The average molecular weight is 501 g/mol. The van der Waals surface area contributed by atoms with E-state index in [2.05, 4.69) is 55.4 Å². The minimum atomic E-state index is -0.526. The van der Waals surface area contributed by atoms with Gasteiger partial charge in [-0.15, -0.1) is 0 Å². The van der Waals surface area contributed by atoms with E-state index in [4.69, 9.17) is 28.4 Å². The quantitative estimate of drug-likeness (QED) is 0.503. The van der Waals surface area contributed by atoms with Gasteiger partial charge < -0.3 is 33.5 Å². The summed E-state index contributed by atoms with van der Waals surface area (Å²) < 4.78 is 38.4. The lowest BCUT2D eigenvalue weighted by molar-refractivity contribution is -0.362. The second-order valence-electron chi connectivity index (χ2n) is 11.4. The number of rotatable bonds is 8. The van der Waals surface area contributed by atoms with Crippen LogP contribution in [-0.2, 0) is 28.4 Å². The molecule has 0 aliphatic carbocycles. The van der Waals surface area contributed by atoms with Gasteiger partial charge in [0.15, 0.2) is 18.9 Å². The molecule has 7 heteroatoms. The Morgan fingerprint density at radius 3 is 1.60 bits per heavy atom. The molecule has 3 heterocycles. The molecule has 3 aliphatic rings. The zero-order chi connectivity index (χ0) is 26.0. The van der Waals surface area contributed by atoms with E-state index in [1.165, 1.54) is 0 Å². The molecule has 3 fully saturated rings. The van der Waals surface area contributed by atoms with Crippen molar-refractivity contribution in [2.75, 3.05) is 7.11 Å². The number of ether oxygens (including phenoxy) is 6. The maximum absolute atomic E-state index is 10.9. The molecular formula is C28H52O7. The van der Waals surface area contributed by atoms with Crippen LogP contribution in [-0.4, -0.2) is 67.7 Å². The predicted molar refractivity (Wildman–Crippen MR) is 135 cm³/mol. The molecule has 0 aromatic rings. The van der Waals surface area contributed by atoms with Crippen LogP contribution in [0.1, 0.15) is 81.6 Å². The van der Waals surface area contributed by atoms with Crippen molar-refractivity contribution >= 4 is 0 Å². The molecule has 206 valence electrons. The molecule has 7 nitrogen and oxygen atoms in total. The van der Waals surface area contributed by atoms with Gasteiger partial charge in [-0.2, -0.15) is 0 Å². The van der Waals surface area contributed by atoms with Gasteiger partial charge >= 0.3 is 0 Å². The molecule has 3 saturated heterocycles. The van der Waals surface area contributed by atoms with Crippen LogP contribution in [0.3, 0.4) is 0 Å². The van der Waals surface area contributed by atoms with Crippen molar-refractivity contribution in [2.45, 2.75) is 137 Å². The Labute approximate surface area is 213 Å². The van der Waals surface area contributed by atoms with Crippen LogP contribution >= 0.6 is 0 Å². The number of hydrogen-bond acceptors (Lipinski definition) is 7. The van der Waals surface area contributed by atoms with Crippen LogP contribution in [0.5, 0.6) is 0 Å².